The normalized spacial score (nSPS) is 10.7. The lowest BCUT2D eigenvalue weighted by atomic mass is 10.1. The number of benzene rings is 2. The Morgan fingerprint density at radius 1 is 0.792 bits per heavy atom. The summed E-state index contributed by atoms with van der Waals surface area (Å²) in [4.78, 5) is 1.67. The molecule has 2 heterocycles. The predicted molar refractivity (Wildman–Crippen MR) is 92.1 cm³/mol. The van der Waals surface area contributed by atoms with Gasteiger partial charge in [-0.15, -0.1) is 0 Å². The van der Waals surface area contributed by atoms with Crippen molar-refractivity contribution < 1.29 is 4.57 Å². The minimum absolute atomic E-state index is 0.789. The average molecular weight is 313 g/mol. The molecule has 0 amide bonds. The molecule has 4 nitrogen and oxygen atoms in total. The molecule has 0 fully saturated rings. The number of pyridine rings is 1. The fourth-order valence-electron chi connectivity index (χ4n) is 2.63. The summed E-state index contributed by atoms with van der Waals surface area (Å²) in [5, 5.41) is 8.96. The van der Waals surface area contributed by atoms with Gasteiger partial charge >= 0.3 is 0 Å². The van der Waals surface area contributed by atoms with Crippen LogP contribution < -0.4 is 4.57 Å². The maximum Gasteiger partial charge on any atom is 0.210 e. The largest absolute Gasteiger partial charge is 0.210 e. The van der Waals surface area contributed by atoms with E-state index in [4.69, 9.17) is 0 Å². The van der Waals surface area contributed by atoms with Gasteiger partial charge in [0.1, 0.15) is 0 Å². The predicted octanol–water partition coefficient (Wildman–Crippen LogP) is 3.13. The van der Waals surface area contributed by atoms with Crippen LogP contribution in [-0.2, 0) is 6.42 Å². The molecule has 2 aromatic heterocycles. The Bertz CT molecular complexity index is 913. The first-order valence-electron chi connectivity index (χ1n) is 7.91. The van der Waals surface area contributed by atoms with Crippen LogP contribution in [0.1, 0.15) is 11.3 Å². The summed E-state index contributed by atoms with van der Waals surface area (Å²) < 4.78 is 2.07. The van der Waals surface area contributed by atoms with E-state index in [1.54, 1.807) is 4.80 Å². The fourth-order valence-corrected chi connectivity index (χ4v) is 2.63. The summed E-state index contributed by atoms with van der Waals surface area (Å²) >= 11 is 0. The standard InChI is InChI=1S/C20H17N4/c1-3-7-17(8-4-1)15-18-16-21-24(22-18)20-11-13-23(14-12-20)19-9-5-2-6-10-19/h1-14,16H,15H2/q+1. The Morgan fingerprint density at radius 2 is 1.46 bits per heavy atom. The van der Waals surface area contributed by atoms with Crippen LogP contribution in [0.4, 0.5) is 0 Å². The van der Waals surface area contributed by atoms with Crippen LogP contribution in [0.15, 0.2) is 91.4 Å². The van der Waals surface area contributed by atoms with E-state index in [9.17, 15) is 0 Å². The topological polar surface area (TPSA) is 34.6 Å². The van der Waals surface area contributed by atoms with Crippen molar-refractivity contribution in [1.82, 2.24) is 15.0 Å². The minimum atomic E-state index is 0.789. The van der Waals surface area contributed by atoms with Gasteiger partial charge in [-0.2, -0.15) is 19.6 Å². The molecule has 0 aliphatic rings. The lowest BCUT2D eigenvalue weighted by Gasteiger charge is -1.99. The monoisotopic (exact) mass is 313 g/mol. The molecule has 0 atom stereocenters. The first-order chi connectivity index (χ1) is 11.9. The lowest BCUT2D eigenvalue weighted by molar-refractivity contribution is -0.595. The number of para-hydroxylation sites is 1. The quantitative estimate of drug-likeness (QED) is 0.543. The van der Waals surface area contributed by atoms with Gasteiger partial charge in [-0.1, -0.05) is 48.5 Å². The van der Waals surface area contributed by atoms with Gasteiger partial charge in [0.25, 0.3) is 0 Å². The summed E-state index contributed by atoms with van der Waals surface area (Å²) in [6, 6.07) is 24.5. The molecular weight excluding hydrogens is 296 g/mol. The molecule has 0 saturated heterocycles. The molecule has 24 heavy (non-hydrogen) atoms. The van der Waals surface area contributed by atoms with E-state index in [0.717, 1.165) is 23.5 Å². The van der Waals surface area contributed by atoms with E-state index in [0.29, 0.717) is 0 Å². The molecule has 4 aromatic rings. The van der Waals surface area contributed by atoms with Crippen LogP contribution in [0.5, 0.6) is 0 Å². The van der Waals surface area contributed by atoms with Crippen LogP contribution in [0.3, 0.4) is 0 Å². The maximum absolute atomic E-state index is 4.57. The Hall–Kier alpha value is -3.27. The Balaban J connectivity index is 1.54. The van der Waals surface area contributed by atoms with Crippen molar-refractivity contribution in [3.05, 3.63) is 103 Å². The molecule has 0 saturated carbocycles. The molecule has 0 aliphatic heterocycles. The number of hydrogen-bond acceptors (Lipinski definition) is 2. The van der Waals surface area contributed by atoms with Gasteiger partial charge in [-0.05, 0) is 5.56 Å². The van der Waals surface area contributed by atoms with E-state index in [1.165, 1.54) is 5.56 Å². The third-order valence-electron chi connectivity index (χ3n) is 3.86. The Labute approximate surface area is 140 Å². The molecule has 0 spiro atoms. The number of aromatic nitrogens is 4. The van der Waals surface area contributed by atoms with Crippen LogP contribution in [0.25, 0.3) is 11.4 Å². The number of nitrogens with zero attached hydrogens (tertiary/aromatic N) is 4. The smallest absolute Gasteiger partial charge is 0.167 e. The second kappa shape index (κ2) is 6.46. The molecule has 4 heteroatoms. The fraction of sp³-hybridized carbons (Fsp3) is 0.0500. The van der Waals surface area contributed by atoms with Crippen molar-refractivity contribution in [3.8, 4) is 11.4 Å². The SMILES string of the molecule is c1ccc(Cc2cnn(-c3cc[n+](-c4ccccc4)cc3)n2)cc1. The Kier molecular flexibility index (Phi) is 3.86. The second-order valence-corrected chi connectivity index (χ2v) is 5.59. The zero-order valence-corrected chi connectivity index (χ0v) is 13.2. The van der Waals surface area contributed by atoms with Crippen LogP contribution in [0.2, 0.25) is 0 Å². The van der Waals surface area contributed by atoms with Gasteiger partial charge in [0, 0.05) is 30.7 Å². The minimum Gasteiger partial charge on any atom is -0.167 e. The van der Waals surface area contributed by atoms with Crippen molar-refractivity contribution in [2.45, 2.75) is 6.42 Å². The van der Waals surface area contributed by atoms with Gasteiger partial charge < -0.3 is 0 Å². The summed E-state index contributed by atoms with van der Waals surface area (Å²) in [7, 11) is 0. The zero-order chi connectivity index (χ0) is 16.2. The van der Waals surface area contributed by atoms with Gasteiger partial charge in [0.15, 0.2) is 12.4 Å². The van der Waals surface area contributed by atoms with Crippen LogP contribution in [0, 0.1) is 0 Å². The van der Waals surface area contributed by atoms with Crippen molar-refractivity contribution in [2.24, 2.45) is 0 Å². The molecule has 0 bridgehead atoms. The maximum atomic E-state index is 4.57. The molecular formula is C20H17N4+. The van der Waals surface area contributed by atoms with E-state index in [-0.39, 0.29) is 0 Å². The van der Waals surface area contributed by atoms with Crippen molar-refractivity contribution in [1.29, 1.82) is 0 Å². The molecule has 0 unspecified atom stereocenters. The van der Waals surface area contributed by atoms with Crippen molar-refractivity contribution >= 4 is 0 Å². The molecule has 4 rings (SSSR count). The highest BCUT2D eigenvalue weighted by Crippen LogP contribution is 2.08. The van der Waals surface area contributed by atoms with Crippen LogP contribution in [-0.4, -0.2) is 15.0 Å². The molecule has 2 aromatic carbocycles. The summed E-state index contributed by atoms with van der Waals surface area (Å²) in [6.45, 7) is 0. The van der Waals surface area contributed by atoms with E-state index >= 15 is 0 Å². The first-order valence-corrected chi connectivity index (χ1v) is 7.91. The molecule has 0 N–H and O–H groups in total. The van der Waals surface area contributed by atoms with E-state index in [1.807, 2.05) is 67.1 Å². The van der Waals surface area contributed by atoms with E-state index in [2.05, 4.69) is 39.0 Å². The van der Waals surface area contributed by atoms with Gasteiger partial charge in [0.05, 0.1) is 17.6 Å². The first kappa shape index (κ1) is 14.3. The van der Waals surface area contributed by atoms with Crippen molar-refractivity contribution in [2.75, 3.05) is 0 Å². The highest BCUT2D eigenvalue weighted by atomic mass is 15.5. The third kappa shape index (κ3) is 3.08. The zero-order valence-electron chi connectivity index (χ0n) is 13.2. The number of hydrogen-bond donors (Lipinski definition) is 0. The van der Waals surface area contributed by atoms with E-state index < -0.39 is 0 Å². The van der Waals surface area contributed by atoms with Gasteiger partial charge in [-0.25, -0.2) is 0 Å². The summed E-state index contributed by atoms with van der Waals surface area (Å²) in [5.74, 6) is 0. The van der Waals surface area contributed by atoms with Crippen LogP contribution >= 0.6 is 0 Å². The lowest BCUT2D eigenvalue weighted by Crippen LogP contribution is -2.29. The van der Waals surface area contributed by atoms with Gasteiger partial charge in [-0.3, -0.25) is 0 Å². The average Bonchev–Trinajstić information content (AvgIpc) is 3.12. The molecule has 0 radical (unpaired) electrons. The van der Waals surface area contributed by atoms with Gasteiger partial charge in [0.2, 0.25) is 5.69 Å². The highest BCUT2D eigenvalue weighted by molar-refractivity contribution is 5.27. The van der Waals surface area contributed by atoms with Crippen molar-refractivity contribution in [3.63, 3.8) is 0 Å². The highest BCUT2D eigenvalue weighted by Gasteiger charge is 2.08. The number of rotatable bonds is 4. The summed E-state index contributed by atoms with van der Waals surface area (Å²) in [5.41, 5.74) is 4.27. The second-order valence-electron chi connectivity index (χ2n) is 5.59. The molecule has 0 aliphatic carbocycles. The third-order valence-corrected chi connectivity index (χ3v) is 3.86. The molecule has 116 valence electrons. The summed E-state index contributed by atoms with van der Waals surface area (Å²) in [6.07, 6.45) is 6.65. The Morgan fingerprint density at radius 3 is 2.17 bits per heavy atom.